The molecule has 0 aliphatic rings. The zero-order chi connectivity index (χ0) is 15.8. The van der Waals surface area contributed by atoms with Crippen molar-refractivity contribution in [3.05, 3.63) is 10.6 Å². The molecule has 0 N–H and O–H groups in total. The predicted octanol–water partition coefficient (Wildman–Crippen LogP) is 4.81. The Morgan fingerprint density at radius 1 is 1.14 bits per heavy atom. The summed E-state index contributed by atoms with van der Waals surface area (Å²) >= 11 is 1.56. The first-order chi connectivity index (χ1) is 9.97. The van der Waals surface area contributed by atoms with E-state index in [0.717, 1.165) is 60.8 Å². The van der Waals surface area contributed by atoms with Gasteiger partial charge in [-0.05, 0) is 31.1 Å². The van der Waals surface area contributed by atoms with E-state index >= 15 is 0 Å². The van der Waals surface area contributed by atoms with E-state index in [9.17, 15) is 4.79 Å². The van der Waals surface area contributed by atoms with E-state index in [0.29, 0.717) is 11.8 Å². The van der Waals surface area contributed by atoms with Crippen LogP contribution in [0.3, 0.4) is 0 Å². The molecule has 0 unspecified atom stereocenters. The molecule has 0 spiro atoms. The molecule has 1 aromatic rings. The molecule has 0 fully saturated rings. The van der Waals surface area contributed by atoms with Crippen molar-refractivity contribution in [1.29, 1.82) is 0 Å². The van der Waals surface area contributed by atoms with E-state index < -0.39 is 0 Å². The summed E-state index contributed by atoms with van der Waals surface area (Å²) in [6, 6.07) is 0. The Labute approximate surface area is 133 Å². The summed E-state index contributed by atoms with van der Waals surface area (Å²) in [5.41, 5.74) is 0.978. The van der Waals surface area contributed by atoms with Crippen LogP contribution in [0.15, 0.2) is 0 Å². The molecule has 0 aliphatic heterocycles. The number of carbonyl (C=O) groups excluding carboxylic acids is 1. The van der Waals surface area contributed by atoms with Crippen LogP contribution in [0.25, 0.3) is 0 Å². The monoisotopic (exact) mass is 310 g/mol. The summed E-state index contributed by atoms with van der Waals surface area (Å²) < 4.78 is 0. The van der Waals surface area contributed by atoms with Gasteiger partial charge in [-0.15, -0.1) is 0 Å². The third kappa shape index (κ3) is 6.16. The fourth-order valence-corrected chi connectivity index (χ4v) is 3.10. The van der Waals surface area contributed by atoms with Crippen molar-refractivity contribution >= 4 is 22.8 Å². The summed E-state index contributed by atoms with van der Waals surface area (Å²) in [4.78, 5) is 19.1. The third-order valence-electron chi connectivity index (χ3n) is 3.53. The fraction of sp³-hybridized carbons (Fsp3) is 0.765. The summed E-state index contributed by atoms with van der Waals surface area (Å²) in [5, 5.41) is 1.03. The van der Waals surface area contributed by atoms with Gasteiger partial charge in [-0.1, -0.05) is 52.4 Å². The Morgan fingerprint density at radius 2 is 1.71 bits per heavy atom. The lowest BCUT2D eigenvalue weighted by Crippen LogP contribution is -2.27. The van der Waals surface area contributed by atoms with Gasteiger partial charge in [0, 0.05) is 13.1 Å². The van der Waals surface area contributed by atoms with Gasteiger partial charge < -0.3 is 4.90 Å². The lowest BCUT2D eigenvalue weighted by atomic mass is 10.1. The topological polar surface area (TPSA) is 33.2 Å². The second-order valence-corrected chi connectivity index (χ2v) is 7.54. The van der Waals surface area contributed by atoms with Crippen molar-refractivity contribution in [2.75, 3.05) is 18.0 Å². The summed E-state index contributed by atoms with van der Waals surface area (Å²) in [6.07, 6.45) is 5.22. The minimum absolute atomic E-state index is 0.687. The number of thiazole rings is 1. The normalized spacial score (nSPS) is 11.4. The van der Waals surface area contributed by atoms with Crippen molar-refractivity contribution in [3.63, 3.8) is 0 Å². The molecule has 0 atom stereocenters. The minimum Gasteiger partial charge on any atom is -0.348 e. The Hall–Kier alpha value is -0.900. The molecule has 0 radical (unpaired) electrons. The zero-order valence-corrected chi connectivity index (χ0v) is 15.0. The van der Waals surface area contributed by atoms with Crippen molar-refractivity contribution in [2.24, 2.45) is 11.8 Å². The van der Waals surface area contributed by atoms with Gasteiger partial charge >= 0.3 is 0 Å². The van der Waals surface area contributed by atoms with Crippen LogP contribution in [0.2, 0.25) is 0 Å². The first kappa shape index (κ1) is 18.1. The van der Waals surface area contributed by atoms with Crippen molar-refractivity contribution in [2.45, 2.75) is 60.3 Å². The molecule has 1 aromatic heterocycles. The SMILES string of the molecule is CCCc1nc(N(CCC(C)C)CCC(C)C)sc1C=O. The molecule has 1 heterocycles. The Bertz CT molecular complexity index is 414. The summed E-state index contributed by atoms with van der Waals surface area (Å²) in [7, 11) is 0. The number of aryl methyl sites for hydroxylation is 1. The molecule has 0 saturated carbocycles. The van der Waals surface area contributed by atoms with Crippen LogP contribution in [-0.2, 0) is 6.42 Å². The Morgan fingerprint density at radius 3 is 2.14 bits per heavy atom. The second-order valence-electron chi connectivity index (χ2n) is 6.53. The maximum atomic E-state index is 11.2. The van der Waals surface area contributed by atoms with Crippen LogP contribution in [0.4, 0.5) is 5.13 Å². The zero-order valence-electron chi connectivity index (χ0n) is 14.2. The van der Waals surface area contributed by atoms with Crippen LogP contribution in [-0.4, -0.2) is 24.4 Å². The van der Waals surface area contributed by atoms with Gasteiger partial charge in [0.05, 0.1) is 10.6 Å². The van der Waals surface area contributed by atoms with Crippen molar-refractivity contribution in [1.82, 2.24) is 4.98 Å². The van der Waals surface area contributed by atoms with Gasteiger partial charge in [-0.2, -0.15) is 0 Å². The molecule has 4 heteroatoms. The number of hydrogen-bond acceptors (Lipinski definition) is 4. The largest absolute Gasteiger partial charge is 0.348 e. The maximum Gasteiger partial charge on any atom is 0.186 e. The van der Waals surface area contributed by atoms with E-state index in [1.54, 1.807) is 11.3 Å². The highest BCUT2D eigenvalue weighted by molar-refractivity contribution is 7.17. The van der Waals surface area contributed by atoms with Crippen LogP contribution >= 0.6 is 11.3 Å². The van der Waals surface area contributed by atoms with E-state index in [4.69, 9.17) is 4.98 Å². The summed E-state index contributed by atoms with van der Waals surface area (Å²) in [6.45, 7) is 13.2. The van der Waals surface area contributed by atoms with Crippen molar-refractivity contribution < 1.29 is 4.79 Å². The van der Waals surface area contributed by atoms with Gasteiger partial charge in [0.1, 0.15) is 0 Å². The molecule has 0 amide bonds. The molecule has 0 saturated heterocycles. The van der Waals surface area contributed by atoms with Crippen LogP contribution in [0, 0.1) is 11.8 Å². The van der Waals surface area contributed by atoms with E-state index in [2.05, 4.69) is 39.5 Å². The second kappa shape index (κ2) is 9.19. The quantitative estimate of drug-likeness (QED) is 0.582. The number of aldehydes is 1. The number of rotatable bonds is 10. The first-order valence-corrected chi connectivity index (χ1v) is 8.99. The van der Waals surface area contributed by atoms with Crippen LogP contribution in [0.5, 0.6) is 0 Å². The number of nitrogens with zero attached hydrogens (tertiary/aromatic N) is 2. The number of aromatic nitrogens is 1. The minimum atomic E-state index is 0.687. The maximum absolute atomic E-state index is 11.2. The fourth-order valence-electron chi connectivity index (χ4n) is 2.13. The number of hydrogen-bond donors (Lipinski definition) is 0. The van der Waals surface area contributed by atoms with Gasteiger partial charge in [0.2, 0.25) is 0 Å². The van der Waals surface area contributed by atoms with E-state index in [1.807, 2.05) is 0 Å². The average Bonchev–Trinajstić information content (AvgIpc) is 2.81. The molecule has 21 heavy (non-hydrogen) atoms. The number of anilines is 1. The van der Waals surface area contributed by atoms with Gasteiger partial charge in [0.15, 0.2) is 11.4 Å². The molecule has 3 nitrogen and oxygen atoms in total. The molecular formula is C17H30N2OS. The smallest absolute Gasteiger partial charge is 0.186 e. The highest BCUT2D eigenvalue weighted by Crippen LogP contribution is 2.27. The molecule has 1 rings (SSSR count). The molecular weight excluding hydrogens is 280 g/mol. The highest BCUT2D eigenvalue weighted by Gasteiger charge is 2.16. The standard InChI is InChI=1S/C17H30N2OS/c1-6-7-15-16(12-20)21-17(18-15)19(10-8-13(2)3)11-9-14(4)5/h12-14H,6-11H2,1-5H3. The van der Waals surface area contributed by atoms with Gasteiger partial charge in [-0.25, -0.2) is 4.98 Å². The first-order valence-electron chi connectivity index (χ1n) is 8.17. The van der Waals surface area contributed by atoms with E-state index in [1.165, 1.54) is 0 Å². The lowest BCUT2D eigenvalue weighted by Gasteiger charge is -2.23. The average molecular weight is 311 g/mol. The number of carbonyl (C=O) groups is 1. The molecule has 120 valence electrons. The van der Waals surface area contributed by atoms with Gasteiger partial charge in [0.25, 0.3) is 0 Å². The summed E-state index contributed by atoms with van der Waals surface area (Å²) in [5.74, 6) is 1.37. The third-order valence-corrected chi connectivity index (χ3v) is 4.62. The molecule has 0 bridgehead atoms. The van der Waals surface area contributed by atoms with Crippen LogP contribution < -0.4 is 4.90 Å². The molecule has 0 aromatic carbocycles. The predicted molar refractivity (Wildman–Crippen MR) is 92.6 cm³/mol. The van der Waals surface area contributed by atoms with Crippen molar-refractivity contribution in [3.8, 4) is 0 Å². The van der Waals surface area contributed by atoms with E-state index in [-0.39, 0.29) is 0 Å². The van der Waals surface area contributed by atoms with Gasteiger partial charge in [-0.3, -0.25) is 4.79 Å². The van der Waals surface area contributed by atoms with Crippen LogP contribution in [0.1, 0.15) is 69.2 Å². The highest BCUT2D eigenvalue weighted by atomic mass is 32.1. The molecule has 0 aliphatic carbocycles. The Kier molecular flexibility index (Phi) is 7.94. The lowest BCUT2D eigenvalue weighted by molar-refractivity contribution is 0.112. The Balaban J connectivity index is 2.86.